The Balaban J connectivity index is 1.69. The van der Waals surface area contributed by atoms with E-state index in [9.17, 15) is 8.42 Å². The Morgan fingerprint density at radius 1 is 1.04 bits per heavy atom. The van der Waals surface area contributed by atoms with Gasteiger partial charge in [0.05, 0.1) is 18.7 Å². The van der Waals surface area contributed by atoms with Crippen molar-refractivity contribution in [1.29, 1.82) is 5.26 Å². The molecule has 3 rings (SSSR count). The average molecular weight is 385 g/mol. The van der Waals surface area contributed by atoms with E-state index >= 15 is 0 Å². The fourth-order valence-electron chi connectivity index (χ4n) is 3.26. The number of para-hydroxylation sites is 1. The van der Waals surface area contributed by atoms with Crippen molar-refractivity contribution in [1.82, 2.24) is 9.21 Å². The van der Waals surface area contributed by atoms with Crippen LogP contribution in [-0.2, 0) is 16.6 Å². The van der Waals surface area contributed by atoms with Gasteiger partial charge in [-0.05, 0) is 42.8 Å². The van der Waals surface area contributed by atoms with Crippen LogP contribution in [0.2, 0.25) is 0 Å². The van der Waals surface area contributed by atoms with Gasteiger partial charge in [-0.25, -0.2) is 8.42 Å². The predicted molar refractivity (Wildman–Crippen MR) is 103 cm³/mol. The zero-order valence-electron chi connectivity index (χ0n) is 15.3. The second-order valence-corrected chi connectivity index (χ2v) is 8.40. The van der Waals surface area contributed by atoms with Gasteiger partial charge in [-0.15, -0.1) is 0 Å². The highest BCUT2D eigenvalue weighted by atomic mass is 32.2. The van der Waals surface area contributed by atoms with E-state index < -0.39 is 10.0 Å². The van der Waals surface area contributed by atoms with Crippen molar-refractivity contribution in [3.8, 4) is 11.8 Å². The van der Waals surface area contributed by atoms with Crippen molar-refractivity contribution in [2.24, 2.45) is 0 Å². The third-order valence-electron chi connectivity index (χ3n) is 4.72. The Bertz CT molecular complexity index is 920. The molecular formula is C20H23N3O3S. The Hall–Kier alpha value is -2.40. The molecule has 1 aliphatic rings. The van der Waals surface area contributed by atoms with Crippen molar-refractivity contribution < 1.29 is 13.2 Å². The summed E-state index contributed by atoms with van der Waals surface area (Å²) in [6, 6.07) is 16.4. The molecule has 0 bridgehead atoms. The number of methoxy groups -OCH3 is 1. The Morgan fingerprint density at radius 2 is 1.78 bits per heavy atom. The number of nitriles is 1. The van der Waals surface area contributed by atoms with Gasteiger partial charge in [-0.3, -0.25) is 4.90 Å². The van der Waals surface area contributed by atoms with Crippen molar-refractivity contribution >= 4 is 10.0 Å². The van der Waals surface area contributed by atoms with Gasteiger partial charge in [0.2, 0.25) is 10.0 Å². The first kappa shape index (κ1) is 19.4. The van der Waals surface area contributed by atoms with Crippen LogP contribution in [0.3, 0.4) is 0 Å². The molecule has 0 atom stereocenters. The van der Waals surface area contributed by atoms with E-state index in [-0.39, 0.29) is 4.90 Å². The summed E-state index contributed by atoms with van der Waals surface area (Å²) in [6.07, 6.45) is 0.769. The Morgan fingerprint density at radius 3 is 2.48 bits per heavy atom. The van der Waals surface area contributed by atoms with Crippen molar-refractivity contribution in [2.75, 3.05) is 33.3 Å². The van der Waals surface area contributed by atoms with E-state index in [2.05, 4.69) is 11.0 Å². The summed E-state index contributed by atoms with van der Waals surface area (Å²) >= 11 is 0. The smallest absolute Gasteiger partial charge is 0.246 e. The van der Waals surface area contributed by atoms with Crippen LogP contribution in [0.15, 0.2) is 53.4 Å². The van der Waals surface area contributed by atoms with E-state index in [1.807, 2.05) is 24.3 Å². The maximum absolute atomic E-state index is 13.1. The molecule has 2 aromatic rings. The van der Waals surface area contributed by atoms with Crippen LogP contribution in [0.1, 0.15) is 17.5 Å². The van der Waals surface area contributed by atoms with Crippen molar-refractivity contribution in [3.05, 3.63) is 59.7 Å². The molecule has 0 unspecified atom stereocenters. The maximum Gasteiger partial charge on any atom is 0.246 e. The highest BCUT2D eigenvalue weighted by Gasteiger charge is 2.29. The number of rotatable bonds is 5. The molecule has 0 spiro atoms. The fraction of sp³-hybridized carbons (Fsp3) is 0.350. The van der Waals surface area contributed by atoms with Gasteiger partial charge in [0.15, 0.2) is 0 Å². The summed E-state index contributed by atoms with van der Waals surface area (Å²) in [5, 5.41) is 8.89. The second-order valence-electron chi connectivity index (χ2n) is 6.49. The number of hydrogen-bond acceptors (Lipinski definition) is 5. The van der Waals surface area contributed by atoms with Gasteiger partial charge in [0.25, 0.3) is 0 Å². The monoisotopic (exact) mass is 385 g/mol. The normalized spacial score (nSPS) is 16.4. The van der Waals surface area contributed by atoms with Crippen molar-refractivity contribution in [2.45, 2.75) is 17.9 Å². The van der Waals surface area contributed by atoms with Crippen LogP contribution in [0.5, 0.6) is 5.75 Å². The van der Waals surface area contributed by atoms with Gasteiger partial charge in [-0.1, -0.05) is 24.3 Å². The highest BCUT2D eigenvalue weighted by Crippen LogP contribution is 2.27. The molecule has 0 aromatic heterocycles. The molecular weight excluding hydrogens is 362 g/mol. The molecule has 142 valence electrons. The lowest BCUT2D eigenvalue weighted by atomic mass is 10.1. The van der Waals surface area contributed by atoms with Crippen LogP contribution in [-0.4, -0.2) is 50.9 Å². The SMILES string of the molecule is COc1ccccc1S(=O)(=O)N1CCCN(Cc2ccc(C#N)cc2)CC1. The summed E-state index contributed by atoms with van der Waals surface area (Å²) in [5.41, 5.74) is 1.76. The molecule has 1 saturated heterocycles. The van der Waals surface area contributed by atoms with Crippen LogP contribution >= 0.6 is 0 Å². The first-order valence-corrected chi connectivity index (χ1v) is 10.3. The summed E-state index contributed by atoms with van der Waals surface area (Å²) in [4.78, 5) is 2.46. The molecule has 0 aliphatic carbocycles. The van der Waals surface area contributed by atoms with E-state index in [4.69, 9.17) is 10.00 Å². The van der Waals surface area contributed by atoms with Gasteiger partial charge in [-0.2, -0.15) is 9.57 Å². The number of sulfonamides is 1. The van der Waals surface area contributed by atoms with Gasteiger partial charge >= 0.3 is 0 Å². The predicted octanol–water partition coefficient (Wildman–Crippen LogP) is 2.46. The molecule has 0 N–H and O–H groups in total. The van der Waals surface area contributed by atoms with E-state index in [0.717, 1.165) is 25.1 Å². The number of nitrogens with zero attached hydrogens (tertiary/aromatic N) is 3. The zero-order chi connectivity index (χ0) is 19.3. The molecule has 27 heavy (non-hydrogen) atoms. The fourth-order valence-corrected chi connectivity index (χ4v) is 4.89. The summed E-state index contributed by atoms with van der Waals surface area (Å²) in [7, 11) is -2.11. The molecule has 0 amide bonds. The second kappa shape index (κ2) is 8.53. The quantitative estimate of drug-likeness (QED) is 0.790. The van der Waals surface area contributed by atoms with Crippen LogP contribution < -0.4 is 4.74 Å². The van der Waals surface area contributed by atoms with Crippen LogP contribution in [0, 0.1) is 11.3 Å². The molecule has 7 heteroatoms. The van der Waals surface area contributed by atoms with Crippen molar-refractivity contribution in [3.63, 3.8) is 0 Å². The lowest BCUT2D eigenvalue weighted by Gasteiger charge is -2.22. The molecule has 1 fully saturated rings. The number of hydrogen-bond donors (Lipinski definition) is 0. The van der Waals surface area contributed by atoms with E-state index in [1.165, 1.54) is 7.11 Å². The molecule has 2 aromatic carbocycles. The third-order valence-corrected chi connectivity index (χ3v) is 6.66. The first-order chi connectivity index (χ1) is 13.0. The summed E-state index contributed by atoms with van der Waals surface area (Å²) < 4.78 is 32.9. The van der Waals surface area contributed by atoms with E-state index in [0.29, 0.717) is 30.9 Å². The Labute approximate surface area is 160 Å². The molecule has 1 aliphatic heterocycles. The Kier molecular flexibility index (Phi) is 6.11. The number of ether oxygens (including phenoxy) is 1. The zero-order valence-corrected chi connectivity index (χ0v) is 16.2. The minimum atomic E-state index is -3.59. The summed E-state index contributed by atoms with van der Waals surface area (Å²) in [6.45, 7) is 3.17. The summed E-state index contributed by atoms with van der Waals surface area (Å²) in [5.74, 6) is 0.371. The topological polar surface area (TPSA) is 73.6 Å². The minimum absolute atomic E-state index is 0.216. The van der Waals surface area contributed by atoms with Crippen LogP contribution in [0.25, 0.3) is 0 Å². The third kappa shape index (κ3) is 4.48. The van der Waals surface area contributed by atoms with Gasteiger partial charge in [0, 0.05) is 26.2 Å². The standard InChI is InChI=1S/C20H23N3O3S/c1-26-19-5-2-3-6-20(19)27(24,25)23-12-4-11-22(13-14-23)16-18-9-7-17(15-21)8-10-18/h2-3,5-10H,4,11-14,16H2,1H3. The largest absolute Gasteiger partial charge is 0.495 e. The first-order valence-electron chi connectivity index (χ1n) is 8.89. The molecule has 0 saturated carbocycles. The molecule has 0 radical (unpaired) electrons. The maximum atomic E-state index is 13.1. The van der Waals surface area contributed by atoms with Gasteiger partial charge < -0.3 is 4.74 Å². The average Bonchev–Trinajstić information content (AvgIpc) is 2.94. The lowest BCUT2D eigenvalue weighted by molar-refractivity contribution is 0.278. The van der Waals surface area contributed by atoms with Crippen LogP contribution in [0.4, 0.5) is 0 Å². The van der Waals surface area contributed by atoms with Gasteiger partial charge in [0.1, 0.15) is 10.6 Å². The molecule has 1 heterocycles. The van der Waals surface area contributed by atoms with E-state index in [1.54, 1.807) is 28.6 Å². The highest BCUT2D eigenvalue weighted by molar-refractivity contribution is 7.89. The lowest BCUT2D eigenvalue weighted by Crippen LogP contribution is -2.35. The molecule has 6 nitrogen and oxygen atoms in total. The number of benzene rings is 2. The minimum Gasteiger partial charge on any atom is -0.495 e.